The summed E-state index contributed by atoms with van der Waals surface area (Å²) in [6, 6.07) is 15.1. The molecule has 1 atom stereocenters. The summed E-state index contributed by atoms with van der Waals surface area (Å²) in [6.45, 7) is 12.1. The van der Waals surface area contributed by atoms with Crippen molar-refractivity contribution in [3.8, 4) is 5.75 Å². The average Bonchev–Trinajstić information content (AvgIpc) is 2.69. The molecule has 5 heteroatoms. The molecule has 0 aliphatic carbocycles. The normalized spacial score (nSPS) is 12.0. The second-order valence-corrected chi connectivity index (χ2v) is 8.36. The van der Waals surface area contributed by atoms with Gasteiger partial charge in [-0.15, -0.1) is 0 Å². The van der Waals surface area contributed by atoms with E-state index < -0.39 is 6.04 Å². The van der Waals surface area contributed by atoms with Gasteiger partial charge in [-0.1, -0.05) is 55.8 Å². The van der Waals surface area contributed by atoms with Crippen LogP contribution >= 0.6 is 0 Å². The van der Waals surface area contributed by atoms with Crippen LogP contribution in [0, 0.1) is 6.92 Å². The lowest BCUT2D eigenvalue weighted by Crippen LogP contribution is -2.50. The van der Waals surface area contributed by atoms with Gasteiger partial charge in [0.2, 0.25) is 5.91 Å². The molecule has 0 aromatic heterocycles. The van der Waals surface area contributed by atoms with E-state index >= 15 is 0 Å². The molecule has 162 valence electrons. The smallest absolute Gasteiger partial charge is 0.261 e. The van der Waals surface area contributed by atoms with Crippen molar-refractivity contribution >= 4 is 11.8 Å². The Labute approximate surface area is 180 Å². The first-order chi connectivity index (χ1) is 14.2. The van der Waals surface area contributed by atoms with Crippen LogP contribution in [-0.2, 0) is 16.1 Å². The number of benzene rings is 2. The number of amides is 2. The molecular formula is C25H34N2O3. The van der Waals surface area contributed by atoms with Crippen molar-refractivity contribution < 1.29 is 14.3 Å². The quantitative estimate of drug-likeness (QED) is 0.665. The third kappa shape index (κ3) is 6.90. The van der Waals surface area contributed by atoms with Crippen molar-refractivity contribution in [1.82, 2.24) is 10.2 Å². The highest BCUT2D eigenvalue weighted by Crippen LogP contribution is 2.19. The molecule has 0 bridgehead atoms. The van der Waals surface area contributed by atoms with Gasteiger partial charge >= 0.3 is 0 Å². The van der Waals surface area contributed by atoms with E-state index in [1.165, 1.54) is 5.56 Å². The van der Waals surface area contributed by atoms with Gasteiger partial charge in [0.1, 0.15) is 11.8 Å². The lowest BCUT2D eigenvalue weighted by molar-refractivity contribution is -0.142. The van der Waals surface area contributed by atoms with Crippen LogP contribution in [0.25, 0.3) is 0 Å². The Hall–Kier alpha value is -2.82. The predicted molar refractivity (Wildman–Crippen MR) is 120 cm³/mol. The largest absolute Gasteiger partial charge is 0.484 e. The molecule has 0 radical (unpaired) electrons. The minimum Gasteiger partial charge on any atom is -0.484 e. The lowest BCUT2D eigenvalue weighted by atomic mass is 10.0. The highest BCUT2D eigenvalue weighted by Gasteiger charge is 2.26. The second kappa shape index (κ2) is 10.8. The van der Waals surface area contributed by atoms with E-state index in [0.717, 1.165) is 11.1 Å². The highest BCUT2D eigenvalue weighted by atomic mass is 16.5. The van der Waals surface area contributed by atoms with Crippen LogP contribution in [0.2, 0.25) is 0 Å². The molecule has 30 heavy (non-hydrogen) atoms. The summed E-state index contributed by atoms with van der Waals surface area (Å²) < 4.78 is 5.73. The van der Waals surface area contributed by atoms with Gasteiger partial charge in [0.15, 0.2) is 6.61 Å². The fourth-order valence-corrected chi connectivity index (χ4v) is 3.17. The Balaban J connectivity index is 2.13. The minimum atomic E-state index is -0.604. The molecule has 2 aromatic carbocycles. The number of carbonyl (C=O) groups excluding carboxylic acids is 2. The summed E-state index contributed by atoms with van der Waals surface area (Å²) in [4.78, 5) is 27.2. The SMILES string of the molecule is Cc1cccc(CN(C(=O)COc2ccc(C(C)C)cc2)[C@@H](C)C(=O)NC(C)C)c1. The fraction of sp³-hybridized carbons (Fsp3) is 0.440. The maximum absolute atomic E-state index is 13.0. The van der Waals surface area contributed by atoms with Gasteiger partial charge in [-0.3, -0.25) is 9.59 Å². The Morgan fingerprint density at radius 2 is 1.67 bits per heavy atom. The van der Waals surface area contributed by atoms with E-state index in [-0.39, 0.29) is 24.5 Å². The molecule has 5 nitrogen and oxygen atoms in total. The Morgan fingerprint density at radius 3 is 2.23 bits per heavy atom. The predicted octanol–water partition coefficient (Wildman–Crippen LogP) is 4.44. The molecular weight excluding hydrogens is 376 g/mol. The van der Waals surface area contributed by atoms with Gasteiger partial charge in [-0.2, -0.15) is 0 Å². The average molecular weight is 411 g/mol. The number of aryl methyl sites for hydroxylation is 1. The van der Waals surface area contributed by atoms with Gasteiger partial charge in [-0.05, 0) is 56.9 Å². The van der Waals surface area contributed by atoms with Crippen LogP contribution < -0.4 is 10.1 Å². The number of nitrogens with one attached hydrogen (secondary N) is 1. The van der Waals surface area contributed by atoms with Gasteiger partial charge in [0.05, 0.1) is 0 Å². The van der Waals surface area contributed by atoms with E-state index in [1.807, 2.05) is 69.3 Å². The summed E-state index contributed by atoms with van der Waals surface area (Å²) in [5, 5.41) is 2.89. The van der Waals surface area contributed by atoms with E-state index in [9.17, 15) is 9.59 Å². The Kier molecular flexibility index (Phi) is 8.46. The van der Waals surface area contributed by atoms with Gasteiger partial charge in [-0.25, -0.2) is 0 Å². The zero-order valence-electron chi connectivity index (χ0n) is 18.9. The number of rotatable bonds is 9. The van der Waals surface area contributed by atoms with Crippen LogP contribution in [-0.4, -0.2) is 35.4 Å². The molecule has 0 aliphatic rings. The molecule has 0 heterocycles. The van der Waals surface area contributed by atoms with Crippen LogP contribution in [0.3, 0.4) is 0 Å². The first-order valence-corrected chi connectivity index (χ1v) is 10.6. The molecule has 0 aliphatic heterocycles. The lowest BCUT2D eigenvalue weighted by Gasteiger charge is -2.29. The number of hydrogen-bond acceptors (Lipinski definition) is 3. The van der Waals surface area contributed by atoms with Crippen molar-refractivity contribution in [3.63, 3.8) is 0 Å². The zero-order valence-corrected chi connectivity index (χ0v) is 18.9. The number of hydrogen-bond donors (Lipinski definition) is 1. The van der Waals surface area contributed by atoms with Crippen molar-refractivity contribution in [2.75, 3.05) is 6.61 Å². The van der Waals surface area contributed by atoms with Crippen molar-refractivity contribution in [2.45, 2.75) is 66.1 Å². The molecule has 2 rings (SSSR count). The fourth-order valence-electron chi connectivity index (χ4n) is 3.17. The minimum absolute atomic E-state index is 0.00611. The molecule has 0 saturated carbocycles. The Morgan fingerprint density at radius 1 is 1.00 bits per heavy atom. The highest BCUT2D eigenvalue weighted by molar-refractivity contribution is 5.88. The molecule has 2 amide bonds. The second-order valence-electron chi connectivity index (χ2n) is 8.36. The van der Waals surface area contributed by atoms with Crippen LogP contribution in [0.1, 0.15) is 57.2 Å². The van der Waals surface area contributed by atoms with Crippen molar-refractivity contribution in [3.05, 3.63) is 65.2 Å². The van der Waals surface area contributed by atoms with E-state index in [1.54, 1.807) is 11.8 Å². The molecule has 2 aromatic rings. The summed E-state index contributed by atoms with van der Waals surface area (Å²) >= 11 is 0. The van der Waals surface area contributed by atoms with Crippen LogP contribution in [0.4, 0.5) is 0 Å². The third-order valence-corrected chi connectivity index (χ3v) is 4.94. The summed E-state index contributed by atoms with van der Waals surface area (Å²) in [5.41, 5.74) is 3.31. The standard InChI is InChI=1S/C25H34N2O3/c1-17(2)22-10-12-23(13-11-22)30-16-24(28)27(20(6)25(29)26-18(3)4)15-21-9-7-8-19(5)14-21/h7-14,17-18,20H,15-16H2,1-6H3,(H,26,29)/t20-/m0/s1. The van der Waals surface area contributed by atoms with Gasteiger partial charge in [0, 0.05) is 12.6 Å². The monoisotopic (exact) mass is 410 g/mol. The van der Waals surface area contributed by atoms with Gasteiger partial charge < -0.3 is 15.0 Å². The topological polar surface area (TPSA) is 58.6 Å². The van der Waals surface area contributed by atoms with Crippen LogP contribution in [0.15, 0.2) is 48.5 Å². The molecule has 1 N–H and O–H groups in total. The third-order valence-electron chi connectivity index (χ3n) is 4.94. The molecule has 0 unspecified atom stereocenters. The Bertz CT molecular complexity index is 844. The molecule has 0 saturated heterocycles. The van der Waals surface area contributed by atoms with E-state index in [0.29, 0.717) is 18.2 Å². The summed E-state index contributed by atoms with van der Waals surface area (Å²) in [6.07, 6.45) is 0. The molecule has 0 spiro atoms. The molecule has 0 fully saturated rings. The van der Waals surface area contributed by atoms with E-state index in [2.05, 4.69) is 19.2 Å². The summed E-state index contributed by atoms with van der Waals surface area (Å²) in [7, 11) is 0. The maximum atomic E-state index is 13.0. The van der Waals surface area contributed by atoms with Gasteiger partial charge in [0.25, 0.3) is 5.91 Å². The summed E-state index contributed by atoms with van der Waals surface area (Å²) in [5.74, 6) is 0.677. The van der Waals surface area contributed by atoms with Crippen molar-refractivity contribution in [2.24, 2.45) is 0 Å². The zero-order chi connectivity index (χ0) is 22.3. The first kappa shape index (κ1) is 23.5. The maximum Gasteiger partial charge on any atom is 0.261 e. The van der Waals surface area contributed by atoms with Crippen molar-refractivity contribution in [1.29, 1.82) is 0 Å². The van der Waals surface area contributed by atoms with E-state index in [4.69, 9.17) is 4.74 Å². The number of carbonyl (C=O) groups is 2. The first-order valence-electron chi connectivity index (χ1n) is 10.6. The number of ether oxygens (including phenoxy) is 1. The number of nitrogens with zero attached hydrogens (tertiary/aromatic N) is 1. The van der Waals surface area contributed by atoms with Crippen LogP contribution in [0.5, 0.6) is 5.75 Å².